The number of rotatable bonds is 0. The largest absolute Gasteiger partial charge is 0.313 e. The summed E-state index contributed by atoms with van der Waals surface area (Å²) in [4.78, 5) is 42.4. The van der Waals surface area contributed by atoms with Gasteiger partial charge in [-0.05, 0) is 70.0 Å². The Morgan fingerprint density at radius 2 is 1.70 bits per heavy atom. The fraction of sp³-hybridized carbons (Fsp3) is 0.393. The molecule has 37 heavy (non-hydrogen) atoms. The number of carbonyl (C=O) groups is 2. The van der Waals surface area contributed by atoms with E-state index in [4.69, 9.17) is 0 Å². The summed E-state index contributed by atoms with van der Waals surface area (Å²) in [5.41, 5.74) is 4.58. The van der Waals surface area contributed by atoms with Gasteiger partial charge in [-0.1, -0.05) is 18.6 Å². The summed E-state index contributed by atoms with van der Waals surface area (Å²) in [7, 11) is 1.96. The third kappa shape index (κ3) is 4.33. The predicted octanol–water partition coefficient (Wildman–Crippen LogP) is 3.99. The number of pyridine rings is 1. The Kier molecular flexibility index (Phi) is 6.08. The SMILES string of the molecule is Cc1cc2cc(n1)-c1cnn(c1)C(=O)C1CCCN1CCCCCN1C(=NC2=O)N(C)c2ccccc21. The summed E-state index contributed by atoms with van der Waals surface area (Å²) in [6.45, 7) is 4.46. The molecule has 0 saturated carbocycles. The van der Waals surface area contributed by atoms with Crippen LogP contribution >= 0.6 is 0 Å². The van der Waals surface area contributed by atoms with E-state index in [0.29, 0.717) is 28.5 Å². The van der Waals surface area contributed by atoms with Gasteiger partial charge >= 0.3 is 0 Å². The van der Waals surface area contributed by atoms with Gasteiger partial charge in [-0.15, -0.1) is 0 Å². The molecule has 3 aromatic rings. The summed E-state index contributed by atoms with van der Waals surface area (Å²) < 4.78 is 1.44. The number of aliphatic imine (C=N–C) groups is 1. The van der Waals surface area contributed by atoms with E-state index in [-0.39, 0.29) is 17.9 Å². The van der Waals surface area contributed by atoms with E-state index in [1.165, 1.54) is 4.68 Å². The van der Waals surface area contributed by atoms with Gasteiger partial charge in [-0.25, -0.2) is 4.68 Å². The molecular weight excluding hydrogens is 466 g/mol. The zero-order valence-electron chi connectivity index (χ0n) is 21.3. The quantitative estimate of drug-likeness (QED) is 0.464. The molecule has 1 fully saturated rings. The van der Waals surface area contributed by atoms with Crippen molar-refractivity contribution in [3.05, 3.63) is 60.0 Å². The summed E-state index contributed by atoms with van der Waals surface area (Å²) in [6, 6.07) is 11.5. The molecule has 0 radical (unpaired) electrons. The van der Waals surface area contributed by atoms with Gasteiger partial charge in [-0.3, -0.25) is 19.5 Å². The van der Waals surface area contributed by atoms with Gasteiger partial charge in [0.2, 0.25) is 5.96 Å². The highest BCUT2D eigenvalue weighted by Gasteiger charge is 2.33. The van der Waals surface area contributed by atoms with Crippen LogP contribution in [0.3, 0.4) is 0 Å². The number of para-hydroxylation sites is 2. The van der Waals surface area contributed by atoms with Crippen LogP contribution in [0.15, 0.2) is 53.8 Å². The summed E-state index contributed by atoms with van der Waals surface area (Å²) in [6.07, 6.45) is 8.25. The third-order valence-electron chi connectivity index (χ3n) is 7.56. The maximum absolute atomic E-state index is 13.5. The molecule has 0 aliphatic carbocycles. The van der Waals surface area contributed by atoms with Gasteiger partial charge in [0.1, 0.15) is 0 Å². The van der Waals surface area contributed by atoms with E-state index < -0.39 is 0 Å². The Bertz CT molecular complexity index is 1390. The van der Waals surface area contributed by atoms with E-state index in [1.807, 2.05) is 31.0 Å². The van der Waals surface area contributed by atoms with Crippen LogP contribution in [0.4, 0.5) is 11.4 Å². The van der Waals surface area contributed by atoms with E-state index >= 15 is 0 Å². The van der Waals surface area contributed by atoms with Crippen LogP contribution in [-0.4, -0.2) is 70.2 Å². The van der Waals surface area contributed by atoms with E-state index in [9.17, 15) is 9.59 Å². The Morgan fingerprint density at radius 3 is 2.57 bits per heavy atom. The minimum Gasteiger partial charge on any atom is -0.313 e. The van der Waals surface area contributed by atoms with Crippen molar-refractivity contribution in [2.24, 2.45) is 4.99 Å². The van der Waals surface area contributed by atoms with Crippen molar-refractivity contribution >= 4 is 29.1 Å². The van der Waals surface area contributed by atoms with Gasteiger partial charge in [-0.2, -0.15) is 10.1 Å². The number of nitrogens with zero attached hydrogens (tertiary/aromatic N) is 7. The molecule has 9 nitrogen and oxygen atoms in total. The first-order chi connectivity index (χ1) is 18.0. The minimum absolute atomic E-state index is 0.000211. The zero-order valence-corrected chi connectivity index (χ0v) is 21.3. The van der Waals surface area contributed by atoms with Crippen molar-refractivity contribution in [2.75, 3.05) is 36.5 Å². The molecule has 1 amide bonds. The van der Waals surface area contributed by atoms with Crippen LogP contribution < -0.4 is 9.80 Å². The lowest BCUT2D eigenvalue weighted by atomic mass is 10.1. The lowest BCUT2D eigenvalue weighted by molar-refractivity contribution is 0.0762. The molecule has 5 heterocycles. The molecule has 1 atom stereocenters. The van der Waals surface area contributed by atoms with Crippen LogP contribution in [0.1, 0.15) is 53.0 Å². The first-order valence-electron chi connectivity index (χ1n) is 13.0. The number of benzene rings is 1. The van der Waals surface area contributed by atoms with Crippen LogP contribution in [0.25, 0.3) is 11.3 Å². The Balaban J connectivity index is 1.41. The summed E-state index contributed by atoms with van der Waals surface area (Å²) in [5.74, 6) is 0.318. The van der Waals surface area contributed by atoms with Crippen LogP contribution in [0.5, 0.6) is 0 Å². The second-order valence-corrected chi connectivity index (χ2v) is 10.1. The standard InChI is InChI=1S/C28H31N7O2/c1-19-15-20-16-22(30-19)21-17-29-35(18-21)27(37)25-11-8-13-33(25)12-6-3-7-14-34-24-10-5-4-9-23(24)32(2)28(34)31-26(20)36/h4-5,9-10,15-18,25H,3,6-8,11-14H2,1-2H3. The number of hydrogen-bond acceptors (Lipinski definition) is 7. The molecule has 0 spiro atoms. The summed E-state index contributed by atoms with van der Waals surface area (Å²) in [5, 5.41) is 4.37. The number of amides is 1. The average molecular weight is 498 g/mol. The van der Waals surface area contributed by atoms with Gasteiger partial charge < -0.3 is 9.80 Å². The highest BCUT2D eigenvalue weighted by atomic mass is 16.2. The Hall–Kier alpha value is -3.85. The van der Waals surface area contributed by atoms with Crippen molar-refractivity contribution in [1.29, 1.82) is 0 Å². The van der Waals surface area contributed by atoms with E-state index in [0.717, 1.165) is 63.1 Å². The Morgan fingerprint density at radius 1 is 0.919 bits per heavy atom. The van der Waals surface area contributed by atoms with Crippen molar-refractivity contribution in [2.45, 2.75) is 45.1 Å². The second kappa shape index (κ2) is 9.55. The van der Waals surface area contributed by atoms with Gasteiger partial charge in [0.15, 0.2) is 0 Å². The van der Waals surface area contributed by atoms with E-state index in [1.54, 1.807) is 24.5 Å². The van der Waals surface area contributed by atoms with Crippen molar-refractivity contribution in [3.8, 4) is 11.3 Å². The summed E-state index contributed by atoms with van der Waals surface area (Å²) >= 11 is 0. The maximum Gasteiger partial charge on any atom is 0.280 e. The second-order valence-electron chi connectivity index (χ2n) is 10.1. The molecule has 2 aromatic heterocycles. The fourth-order valence-corrected chi connectivity index (χ4v) is 5.69. The first-order valence-corrected chi connectivity index (χ1v) is 13.0. The normalized spacial score (nSPS) is 20.7. The number of hydrogen-bond donors (Lipinski definition) is 0. The molecule has 3 aliphatic rings. The molecule has 0 N–H and O–H groups in total. The molecule has 4 bridgehead atoms. The maximum atomic E-state index is 13.5. The zero-order chi connectivity index (χ0) is 25.5. The van der Waals surface area contributed by atoms with Crippen LogP contribution in [0.2, 0.25) is 0 Å². The van der Waals surface area contributed by atoms with Crippen LogP contribution in [0, 0.1) is 6.92 Å². The van der Waals surface area contributed by atoms with Gasteiger partial charge in [0.05, 0.1) is 29.3 Å². The van der Waals surface area contributed by atoms with Gasteiger partial charge in [0, 0.05) is 36.6 Å². The Labute approximate surface area is 216 Å². The molecule has 1 unspecified atom stereocenters. The number of carbonyl (C=O) groups excluding carboxylic acids is 2. The van der Waals surface area contributed by atoms with Crippen molar-refractivity contribution < 1.29 is 9.59 Å². The molecule has 3 aliphatic heterocycles. The average Bonchev–Trinajstić information content (AvgIpc) is 3.63. The number of aryl methyl sites for hydroxylation is 1. The van der Waals surface area contributed by atoms with Crippen LogP contribution in [-0.2, 0) is 0 Å². The highest BCUT2D eigenvalue weighted by molar-refractivity contribution is 6.20. The number of guanidine groups is 1. The lowest BCUT2D eigenvalue weighted by Gasteiger charge is -2.24. The monoisotopic (exact) mass is 497 g/mol. The molecule has 6 rings (SSSR count). The topological polar surface area (TPSA) is 86.9 Å². The molecule has 1 aromatic carbocycles. The molecule has 1 saturated heterocycles. The minimum atomic E-state index is -0.322. The number of anilines is 2. The smallest absolute Gasteiger partial charge is 0.280 e. The lowest BCUT2D eigenvalue weighted by Crippen LogP contribution is -2.40. The third-order valence-corrected chi connectivity index (χ3v) is 7.56. The molecule has 9 heteroatoms. The van der Waals surface area contributed by atoms with Crippen molar-refractivity contribution in [3.63, 3.8) is 0 Å². The molecule has 190 valence electrons. The van der Waals surface area contributed by atoms with E-state index in [2.05, 4.69) is 37.0 Å². The number of fused-ring (bicyclic) bond motifs is 9. The first kappa shape index (κ1) is 23.5. The fourth-order valence-electron chi connectivity index (χ4n) is 5.69. The van der Waals surface area contributed by atoms with Gasteiger partial charge in [0.25, 0.3) is 11.8 Å². The molecular formula is C28H31N7O2. The predicted molar refractivity (Wildman–Crippen MR) is 143 cm³/mol. The highest BCUT2D eigenvalue weighted by Crippen LogP contribution is 2.36. The number of aromatic nitrogens is 3. The van der Waals surface area contributed by atoms with Crippen molar-refractivity contribution in [1.82, 2.24) is 19.7 Å².